The minimum Gasteiger partial charge on any atom is -0.482 e. The van der Waals surface area contributed by atoms with E-state index in [0.29, 0.717) is 10.8 Å². The van der Waals surface area contributed by atoms with Crippen LogP contribution in [0.15, 0.2) is 24.3 Å². The molecule has 0 spiro atoms. The van der Waals surface area contributed by atoms with Crippen molar-refractivity contribution in [1.29, 1.82) is 0 Å². The van der Waals surface area contributed by atoms with E-state index in [1.807, 2.05) is 0 Å². The van der Waals surface area contributed by atoms with Crippen LogP contribution in [0.5, 0.6) is 5.75 Å². The van der Waals surface area contributed by atoms with Crippen LogP contribution >= 0.6 is 11.6 Å². The van der Waals surface area contributed by atoms with Crippen molar-refractivity contribution < 1.29 is 24.2 Å². The van der Waals surface area contributed by atoms with Crippen LogP contribution in [-0.4, -0.2) is 35.5 Å². The highest BCUT2D eigenvalue weighted by Gasteiger charge is 2.22. The van der Waals surface area contributed by atoms with Crippen molar-refractivity contribution in [1.82, 2.24) is 5.32 Å². The molecular weight excluding hydrogens is 288 g/mol. The summed E-state index contributed by atoms with van der Waals surface area (Å²) in [7, 11) is 0. The minimum atomic E-state index is -1.38. The van der Waals surface area contributed by atoms with E-state index in [4.69, 9.17) is 27.2 Å². The first-order valence-corrected chi connectivity index (χ1v) is 5.95. The smallest absolute Gasteiger partial charge is 0.326 e. The SMILES string of the molecule is NC(=O)CC(NC(=O)COc1ccccc1Cl)C(=O)O. The Kier molecular flexibility index (Phi) is 5.79. The van der Waals surface area contributed by atoms with Crippen molar-refractivity contribution in [3.05, 3.63) is 29.3 Å². The molecule has 0 aromatic heterocycles. The molecule has 0 aliphatic carbocycles. The summed E-state index contributed by atoms with van der Waals surface area (Å²) < 4.78 is 5.13. The van der Waals surface area contributed by atoms with Crippen molar-refractivity contribution in [2.45, 2.75) is 12.5 Å². The van der Waals surface area contributed by atoms with Crippen LogP contribution in [-0.2, 0) is 14.4 Å². The number of carboxylic acids is 1. The first-order chi connectivity index (χ1) is 9.40. The summed E-state index contributed by atoms with van der Waals surface area (Å²) in [6, 6.07) is 5.14. The number of amides is 2. The molecule has 1 aromatic carbocycles. The van der Waals surface area contributed by atoms with Crippen molar-refractivity contribution in [3.8, 4) is 5.75 Å². The second kappa shape index (κ2) is 7.34. The summed E-state index contributed by atoms with van der Waals surface area (Å²) in [5, 5.41) is 11.3. The number of hydrogen-bond acceptors (Lipinski definition) is 4. The normalized spacial score (nSPS) is 11.4. The molecular formula is C12H13ClN2O5. The number of rotatable bonds is 7. The zero-order chi connectivity index (χ0) is 15.1. The summed E-state index contributed by atoms with van der Waals surface area (Å²) >= 11 is 5.82. The molecule has 0 radical (unpaired) electrons. The second-order valence-corrected chi connectivity index (χ2v) is 4.26. The van der Waals surface area contributed by atoms with E-state index >= 15 is 0 Å². The van der Waals surface area contributed by atoms with Crippen LogP contribution in [0.3, 0.4) is 0 Å². The van der Waals surface area contributed by atoms with E-state index < -0.39 is 36.9 Å². The predicted octanol–water partition coefficient (Wildman–Crippen LogP) is 0.164. The molecule has 20 heavy (non-hydrogen) atoms. The summed E-state index contributed by atoms with van der Waals surface area (Å²) in [5.41, 5.74) is 4.89. The molecule has 4 N–H and O–H groups in total. The number of carboxylic acid groups (broad SMARTS) is 1. The second-order valence-electron chi connectivity index (χ2n) is 3.85. The predicted molar refractivity (Wildman–Crippen MR) is 70.3 cm³/mol. The van der Waals surface area contributed by atoms with Gasteiger partial charge >= 0.3 is 5.97 Å². The molecule has 108 valence electrons. The lowest BCUT2D eigenvalue weighted by Gasteiger charge is -2.13. The molecule has 8 heteroatoms. The van der Waals surface area contributed by atoms with E-state index in [2.05, 4.69) is 5.32 Å². The van der Waals surface area contributed by atoms with Gasteiger partial charge in [0.25, 0.3) is 5.91 Å². The number of halogens is 1. The van der Waals surface area contributed by atoms with Gasteiger partial charge in [0.15, 0.2) is 6.61 Å². The highest BCUT2D eigenvalue weighted by atomic mass is 35.5. The molecule has 0 heterocycles. The van der Waals surface area contributed by atoms with Crippen molar-refractivity contribution in [2.75, 3.05) is 6.61 Å². The molecule has 0 aliphatic rings. The van der Waals surface area contributed by atoms with E-state index in [1.54, 1.807) is 24.3 Å². The number of nitrogens with one attached hydrogen (secondary N) is 1. The van der Waals surface area contributed by atoms with E-state index in [0.717, 1.165) is 0 Å². The summed E-state index contributed by atoms with van der Waals surface area (Å²) in [6.45, 7) is -0.424. The lowest BCUT2D eigenvalue weighted by atomic mass is 10.2. The fourth-order valence-corrected chi connectivity index (χ4v) is 1.53. The number of carbonyl (C=O) groups is 3. The van der Waals surface area contributed by atoms with Crippen LogP contribution in [0.2, 0.25) is 5.02 Å². The van der Waals surface area contributed by atoms with Crippen LogP contribution in [0, 0.1) is 0 Å². The molecule has 1 atom stereocenters. The number of ether oxygens (including phenoxy) is 1. The van der Waals surface area contributed by atoms with Crippen molar-refractivity contribution in [3.63, 3.8) is 0 Å². The monoisotopic (exact) mass is 300 g/mol. The molecule has 1 rings (SSSR count). The van der Waals surface area contributed by atoms with E-state index in [-0.39, 0.29) is 0 Å². The summed E-state index contributed by atoms with van der Waals surface area (Å²) in [5.74, 6) is -2.58. The molecule has 2 amide bonds. The van der Waals surface area contributed by atoms with Gasteiger partial charge in [-0.2, -0.15) is 0 Å². The average molecular weight is 301 g/mol. The molecule has 0 saturated carbocycles. The quantitative estimate of drug-likeness (QED) is 0.663. The van der Waals surface area contributed by atoms with Gasteiger partial charge in [0.1, 0.15) is 11.8 Å². The summed E-state index contributed by atoms with van der Waals surface area (Å²) in [4.78, 5) is 33.0. The zero-order valence-electron chi connectivity index (χ0n) is 10.3. The van der Waals surface area contributed by atoms with Gasteiger partial charge in [-0.15, -0.1) is 0 Å². The van der Waals surface area contributed by atoms with Gasteiger partial charge in [-0.25, -0.2) is 4.79 Å². The Bertz CT molecular complexity index is 520. The van der Waals surface area contributed by atoms with Gasteiger partial charge in [-0.3, -0.25) is 9.59 Å². The van der Waals surface area contributed by atoms with Gasteiger partial charge in [0.2, 0.25) is 5.91 Å². The minimum absolute atomic E-state index is 0.297. The molecule has 0 bridgehead atoms. The fourth-order valence-electron chi connectivity index (χ4n) is 1.34. The van der Waals surface area contributed by atoms with Gasteiger partial charge in [-0.05, 0) is 12.1 Å². The molecule has 7 nitrogen and oxygen atoms in total. The lowest BCUT2D eigenvalue weighted by Crippen LogP contribution is -2.45. The highest BCUT2D eigenvalue weighted by molar-refractivity contribution is 6.32. The number of nitrogens with two attached hydrogens (primary N) is 1. The molecule has 1 unspecified atom stereocenters. The third-order valence-electron chi connectivity index (χ3n) is 2.23. The fraction of sp³-hybridized carbons (Fsp3) is 0.250. The standard InChI is InChI=1S/C12H13ClN2O5/c13-7-3-1-2-4-9(7)20-6-11(17)15-8(12(18)19)5-10(14)16/h1-4,8H,5-6H2,(H2,14,16)(H,15,17)(H,18,19). The number of carbonyl (C=O) groups excluding carboxylic acids is 2. The Morgan fingerprint density at radius 1 is 1.35 bits per heavy atom. The van der Waals surface area contributed by atoms with E-state index in [9.17, 15) is 14.4 Å². The molecule has 1 aromatic rings. The highest BCUT2D eigenvalue weighted by Crippen LogP contribution is 2.22. The Balaban J connectivity index is 2.52. The number of primary amides is 1. The number of para-hydroxylation sites is 1. The molecule has 0 fully saturated rings. The Morgan fingerprint density at radius 3 is 2.55 bits per heavy atom. The first kappa shape index (κ1) is 15.8. The zero-order valence-corrected chi connectivity index (χ0v) is 11.1. The maximum atomic E-state index is 11.5. The van der Waals surface area contributed by atoms with Gasteiger partial charge in [0, 0.05) is 0 Å². The lowest BCUT2D eigenvalue weighted by molar-refractivity contribution is -0.143. The average Bonchev–Trinajstić information content (AvgIpc) is 2.36. The Hall–Kier alpha value is -2.28. The third-order valence-corrected chi connectivity index (χ3v) is 2.55. The third kappa shape index (κ3) is 5.15. The first-order valence-electron chi connectivity index (χ1n) is 5.58. The molecule has 0 saturated heterocycles. The maximum absolute atomic E-state index is 11.5. The molecule has 0 aliphatic heterocycles. The summed E-state index contributed by atoms with van der Waals surface area (Å²) in [6.07, 6.45) is -0.493. The largest absolute Gasteiger partial charge is 0.482 e. The van der Waals surface area contributed by atoms with Gasteiger partial charge in [0.05, 0.1) is 11.4 Å². The van der Waals surface area contributed by atoms with Crippen LogP contribution in [0.1, 0.15) is 6.42 Å². The van der Waals surface area contributed by atoms with E-state index in [1.165, 1.54) is 0 Å². The number of aliphatic carboxylic acids is 1. The topological polar surface area (TPSA) is 119 Å². The van der Waals surface area contributed by atoms with Crippen molar-refractivity contribution in [2.24, 2.45) is 5.73 Å². The van der Waals surface area contributed by atoms with Crippen molar-refractivity contribution >= 4 is 29.4 Å². The van der Waals surface area contributed by atoms with Crippen LogP contribution in [0.4, 0.5) is 0 Å². The van der Waals surface area contributed by atoms with Crippen LogP contribution in [0.25, 0.3) is 0 Å². The Labute approximate surface area is 119 Å². The van der Waals surface area contributed by atoms with Gasteiger partial charge < -0.3 is 20.9 Å². The van der Waals surface area contributed by atoms with Crippen LogP contribution < -0.4 is 15.8 Å². The van der Waals surface area contributed by atoms with Gasteiger partial charge in [-0.1, -0.05) is 23.7 Å². The Morgan fingerprint density at radius 2 is 2.00 bits per heavy atom. The number of benzene rings is 1. The number of hydrogen-bond donors (Lipinski definition) is 3. The maximum Gasteiger partial charge on any atom is 0.326 e.